The lowest BCUT2D eigenvalue weighted by Gasteiger charge is -2.15. The summed E-state index contributed by atoms with van der Waals surface area (Å²) in [5.41, 5.74) is 0.819. The zero-order valence-electron chi connectivity index (χ0n) is 7.22. The second-order valence-corrected chi connectivity index (χ2v) is 3.45. The molecule has 1 rings (SSSR count). The summed E-state index contributed by atoms with van der Waals surface area (Å²) in [6, 6.07) is 5.21. The van der Waals surface area contributed by atoms with Crippen LogP contribution in [-0.4, -0.2) is 18.8 Å². The summed E-state index contributed by atoms with van der Waals surface area (Å²) in [5.74, 6) is 0. The molecule has 2 nitrogen and oxygen atoms in total. The van der Waals surface area contributed by atoms with Gasteiger partial charge >= 0.3 is 0 Å². The number of nitrogens with one attached hydrogen (secondary N) is 1. The molecular weight excluding hydrogens is 209 g/mol. The van der Waals surface area contributed by atoms with Crippen molar-refractivity contribution < 1.29 is 5.11 Å². The average Bonchev–Trinajstić information content (AvgIpc) is 2.14. The van der Waals surface area contributed by atoms with Gasteiger partial charge in [0, 0.05) is 0 Å². The third kappa shape index (κ3) is 2.35. The number of benzene rings is 1. The van der Waals surface area contributed by atoms with Crippen molar-refractivity contribution in [1.82, 2.24) is 5.32 Å². The predicted octanol–water partition coefficient (Wildman–Crippen LogP) is 2.25. The van der Waals surface area contributed by atoms with E-state index in [1.54, 1.807) is 13.1 Å². The Morgan fingerprint density at radius 1 is 1.46 bits per heavy atom. The summed E-state index contributed by atoms with van der Waals surface area (Å²) in [6.45, 7) is -0.00341. The first-order valence-electron chi connectivity index (χ1n) is 3.92. The second-order valence-electron chi connectivity index (χ2n) is 2.67. The Morgan fingerprint density at radius 3 is 2.69 bits per heavy atom. The van der Waals surface area contributed by atoms with Crippen LogP contribution in [0.15, 0.2) is 18.2 Å². The van der Waals surface area contributed by atoms with Crippen LogP contribution in [-0.2, 0) is 0 Å². The van der Waals surface area contributed by atoms with Gasteiger partial charge in [0.25, 0.3) is 0 Å². The van der Waals surface area contributed by atoms with E-state index in [2.05, 4.69) is 5.32 Å². The van der Waals surface area contributed by atoms with E-state index in [1.807, 2.05) is 12.1 Å². The Kier molecular flexibility index (Phi) is 4.00. The molecule has 1 aromatic carbocycles. The summed E-state index contributed by atoms with van der Waals surface area (Å²) in [7, 11) is 1.76. The van der Waals surface area contributed by atoms with Crippen molar-refractivity contribution in [3.63, 3.8) is 0 Å². The van der Waals surface area contributed by atoms with E-state index in [0.29, 0.717) is 10.0 Å². The normalized spacial score (nSPS) is 12.9. The van der Waals surface area contributed by atoms with Gasteiger partial charge in [0.2, 0.25) is 0 Å². The standard InChI is InChI=1S/C9H11Cl2NO/c1-12-8(5-13)6-3-2-4-7(10)9(6)11/h2-4,8,12-13H,5H2,1H3/t8-/m0/s1. The van der Waals surface area contributed by atoms with Crippen molar-refractivity contribution in [2.45, 2.75) is 6.04 Å². The van der Waals surface area contributed by atoms with E-state index in [4.69, 9.17) is 28.3 Å². The topological polar surface area (TPSA) is 32.3 Å². The fraction of sp³-hybridized carbons (Fsp3) is 0.333. The quantitative estimate of drug-likeness (QED) is 0.818. The molecule has 0 fully saturated rings. The first-order valence-corrected chi connectivity index (χ1v) is 4.68. The zero-order chi connectivity index (χ0) is 9.84. The van der Waals surface area contributed by atoms with Crippen LogP contribution in [0.25, 0.3) is 0 Å². The smallest absolute Gasteiger partial charge is 0.0640 e. The Morgan fingerprint density at radius 2 is 2.15 bits per heavy atom. The third-order valence-electron chi connectivity index (χ3n) is 1.89. The maximum atomic E-state index is 9.03. The average molecular weight is 220 g/mol. The molecule has 0 saturated carbocycles. The first-order chi connectivity index (χ1) is 6.20. The highest BCUT2D eigenvalue weighted by atomic mass is 35.5. The molecular formula is C9H11Cl2NO. The lowest BCUT2D eigenvalue weighted by Crippen LogP contribution is -2.20. The molecule has 0 radical (unpaired) electrons. The molecule has 0 aliphatic heterocycles. The highest BCUT2D eigenvalue weighted by Crippen LogP contribution is 2.29. The second kappa shape index (κ2) is 4.82. The molecule has 0 saturated heterocycles. The van der Waals surface area contributed by atoms with Crippen molar-refractivity contribution in [3.05, 3.63) is 33.8 Å². The van der Waals surface area contributed by atoms with Crippen LogP contribution in [0.3, 0.4) is 0 Å². The SMILES string of the molecule is CN[C@@H](CO)c1cccc(Cl)c1Cl. The monoisotopic (exact) mass is 219 g/mol. The Hall–Kier alpha value is -0.280. The number of aliphatic hydroxyl groups is 1. The lowest BCUT2D eigenvalue weighted by atomic mass is 10.1. The van der Waals surface area contributed by atoms with Crippen molar-refractivity contribution in [3.8, 4) is 0 Å². The maximum absolute atomic E-state index is 9.03. The maximum Gasteiger partial charge on any atom is 0.0640 e. The molecule has 0 unspecified atom stereocenters. The minimum Gasteiger partial charge on any atom is -0.394 e. The van der Waals surface area contributed by atoms with Crippen molar-refractivity contribution in [2.75, 3.05) is 13.7 Å². The van der Waals surface area contributed by atoms with Gasteiger partial charge in [-0.3, -0.25) is 0 Å². The summed E-state index contributed by atoms with van der Waals surface area (Å²) >= 11 is 11.8. The van der Waals surface area contributed by atoms with Gasteiger partial charge in [-0.1, -0.05) is 35.3 Å². The molecule has 0 aliphatic carbocycles. The molecule has 72 valence electrons. The van der Waals surface area contributed by atoms with E-state index in [-0.39, 0.29) is 12.6 Å². The summed E-state index contributed by atoms with van der Waals surface area (Å²) < 4.78 is 0. The van der Waals surface area contributed by atoms with Crippen LogP contribution < -0.4 is 5.32 Å². The third-order valence-corrected chi connectivity index (χ3v) is 2.72. The highest BCUT2D eigenvalue weighted by Gasteiger charge is 2.12. The molecule has 0 aromatic heterocycles. The lowest BCUT2D eigenvalue weighted by molar-refractivity contribution is 0.251. The van der Waals surface area contributed by atoms with E-state index in [0.717, 1.165) is 5.56 Å². The number of hydrogen-bond acceptors (Lipinski definition) is 2. The highest BCUT2D eigenvalue weighted by molar-refractivity contribution is 6.42. The minimum absolute atomic E-state index is 0.00341. The van der Waals surface area contributed by atoms with Gasteiger partial charge in [0.15, 0.2) is 0 Å². The number of likely N-dealkylation sites (N-methyl/N-ethyl adjacent to an activating group) is 1. The summed E-state index contributed by atoms with van der Waals surface area (Å²) in [5, 5.41) is 13.0. The number of halogens is 2. The van der Waals surface area contributed by atoms with Gasteiger partial charge in [-0.2, -0.15) is 0 Å². The van der Waals surface area contributed by atoms with E-state index >= 15 is 0 Å². The van der Waals surface area contributed by atoms with E-state index in [9.17, 15) is 0 Å². The first kappa shape index (κ1) is 10.8. The Bertz CT molecular complexity index is 287. The molecule has 4 heteroatoms. The van der Waals surface area contributed by atoms with Gasteiger partial charge in [0.05, 0.1) is 22.7 Å². The van der Waals surface area contributed by atoms with Crippen molar-refractivity contribution in [2.24, 2.45) is 0 Å². The Balaban J connectivity index is 3.05. The predicted molar refractivity (Wildman–Crippen MR) is 55.3 cm³/mol. The minimum atomic E-state index is -0.161. The Labute approximate surface area is 87.5 Å². The molecule has 0 bridgehead atoms. The molecule has 2 N–H and O–H groups in total. The summed E-state index contributed by atoms with van der Waals surface area (Å²) in [4.78, 5) is 0. The van der Waals surface area contributed by atoms with E-state index in [1.165, 1.54) is 0 Å². The van der Waals surface area contributed by atoms with E-state index < -0.39 is 0 Å². The molecule has 13 heavy (non-hydrogen) atoms. The van der Waals surface area contributed by atoms with Crippen molar-refractivity contribution in [1.29, 1.82) is 0 Å². The van der Waals surface area contributed by atoms with Crippen LogP contribution in [0, 0.1) is 0 Å². The fourth-order valence-corrected chi connectivity index (χ4v) is 1.57. The molecule has 0 heterocycles. The number of aliphatic hydroxyl groups excluding tert-OH is 1. The summed E-state index contributed by atoms with van der Waals surface area (Å²) in [6.07, 6.45) is 0. The van der Waals surface area contributed by atoms with Crippen LogP contribution in [0.2, 0.25) is 10.0 Å². The molecule has 1 aromatic rings. The van der Waals surface area contributed by atoms with Crippen molar-refractivity contribution >= 4 is 23.2 Å². The van der Waals surface area contributed by atoms with Crippen LogP contribution in [0.4, 0.5) is 0 Å². The van der Waals surface area contributed by atoms with Crippen LogP contribution >= 0.6 is 23.2 Å². The molecule has 0 spiro atoms. The van der Waals surface area contributed by atoms with Gasteiger partial charge in [0.1, 0.15) is 0 Å². The number of hydrogen-bond donors (Lipinski definition) is 2. The van der Waals surface area contributed by atoms with Gasteiger partial charge in [-0.15, -0.1) is 0 Å². The molecule has 0 aliphatic rings. The number of rotatable bonds is 3. The van der Waals surface area contributed by atoms with Gasteiger partial charge in [-0.05, 0) is 18.7 Å². The largest absolute Gasteiger partial charge is 0.394 e. The molecule has 1 atom stereocenters. The van der Waals surface area contributed by atoms with Gasteiger partial charge < -0.3 is 10.4 Å². The zero-order valence-corrected chi connectivity index (χ0v) is 8.73. The van der Waals surface area contributed by atoms with Crippen LogP contribution in [0.5, 0.6) is 0 Å². The molecule has 0 amide bonds. The fourth-order valence-electron chi connectivity index (χ4n) is 1.13. The van der Waals surface area contributed by atoms with Crippen LogP contribution in [0.1, 0.15) is 11.6 Å². The van der Waals surface area contributed by atoms with Gasteiger partial charge in [-0.25, -0.2) is 0 Å².